The van der Waals surface area contributed by atoms with Crippen molar-refractivity contribution in [3.63, 3.8) is 0 Å². The zero-order valence-electron chi connectivity index (χ0n) is 11.9. The van der Waals surface area contributed by atoms with Gasteiger partial charge in [-0.3, -0.25) is 9.63 Å². The van der Waals surface area contributed by atoms with E-state index in [-0.39, 0.29) is 5.91 Å². The normalized spacial score (nSPS) is 10.4. The summed E-state index contributed by atoms with van der Waals surface area (Å²) in [5, 5.41) is 1.27. The molecule has 0 aromatic rings. The van der Waals surface area contributed by atoms with E-state index in [1.165, 1.54) is 12.2 Å². The van der Waals surface area contributed by atoms with Crippen molar-refractivity contribution in [2.75, 3.05) is 14.2 Å². The van der Waals surface area contributed by atoms with Crippen LogP contribution in [0.5, 0.6) is 0 Å². The first-order valence-electron chi connectivity index (χ1n) is 6.30. The third-order valence-electron chi connectivity index (χ3n) is 2.08. The third-order valence-corrected chi connectivity index (χ3v) is 2.08. The number of nitrogens with zero attached hydrogens (tertiary/aromatic N) is 1. The molecule has 0 saturated carbocycles. The van der Waals surface area contributed by atoms with E-state index in [1.54, 1.807) is 7.05 Å². The summed E-state index contributed by atoms with van der Waals surface area (Å²) in [6.45, 7) is 5.99. The van der Waals surface area contributed by atoms with Crippen LogP contribution < -0.4 is 0 Å². The molecule has 0 radical (unpaired) electrons. The molecule has 0 aliphatic rings. The lowest BCUT2D eigenvalue weighted by Gasteiger charge is -2.12. The predicted molar refractivity (Wildman–Crippen MR) is 73.5 cm³/mol. The number of carbonyl (C=O) groups is 1. The first-order chi connectivity index (χ1) is 8.22. The van der Waals surface area contributed by atoms with Crippen LogP contribution in [-0.4, -0.2) is 25.1 Å². The molecule has 3 heteroatoms. The van der Waals surface area contributed by atoms with E-state index in [0.29, 0.717) is 6.42 Å². The zero-order valence-corrected chi connectivity index (χ0v) is 11.9. The Kier molecular flexibility index (Phi) is 16.0. The van der Waals surface area contributed by atoms with Crippen molar-refractivity contribution in [2.24, 2.45) is 0 Å². The third kappa shape index (κ3) is 12.8. The molecule has 17 heavy (non-hydrogen) atoms. The van der Waals surface area contributed by atoms with Gasteiger partial charge in [0.2, 0.25) is 5.91 Å². The second kappa shape index (κ2) is 14.9. The lowest BCUT2D eigenvalue weighted by atomic mass is 10.2. The Bertz CT molecular complexity index is 222. The lowest BCUT2D eigenvalue weighted by molar-refractivity contribution is -0.168. The lowest BCUT2D eigenvalue weighted by Crippen LogP contribution is -2.24. The minimum atomic E-state index is 0.0370. The van der Waals surface area contributed by atoms with Crippen molar-refractivity contribution in [2.45, 2.75) is 46.5 Å². The maximum absolute atomic E-state index is 11.3. The number of hydroxylamine groups is 2. The van der Waals surface area contributed by atoms with Gasteiger partial charge in [-0.1, -0.05) is 38.2 Å². The highest BCUT2D eigenvalue weighted by Crippen LogP contribution is 2.03. The van der Waals surface area contributed by atoms with Crippen LogP contribution in [0.25, 0.3) is 0 Å². The Hall–Kier alpha value is -1.09. The first kappa shape index (κ1) is 18.3. The van der Waals surface area contributed by atoms with Crippen LogP contribution in [-0.2, 0) is 9.63 Å². The van der Waals surface area contributed by atoms with Gasteiger partial charge in [-0.2, -0.15) is 0 Å². The summed E-state index contributed by atoms with van der Waals surface area (Å²) in [7, 11) is 3.13. The monoisotopic (exact) mass is 241 g/mol. The Morgan fingerprint density at radius 3 is 2.41 bits per heavy atom. The first-order valence-corrected chi connectivity index (χ1v) is 6.30. The molecule has 0 aromatic carbocycles. The molecule has 0 aromatic heterocycles. The fourth-order valence-corrected chi connectivity index (χ4v) is 1.08. The number of hydrogen-bond acceptors (Lipinski definition) is 2. The van der Waals surface area contributed by atoms with E-state index in [0.717, 1.165) is 19.3 Å². The van der Waals surface area contributed by atoms with Crippen LogP contribution in [0.15, 0.2) is 24.3 Å². The summed E-state index contributed by atoms with van der Waals surface area (Å²) >= 11 is 0. The minimum Gasteiger partial charge on any atom is -0.275 e. The molecule has 0 heterocycles. The second-order valence-corrected chi connectivity index (χ2v) is 3.27. The van der Waals surface area contributed by atoms with Crippen LogP contribution in [0.3, 0.4) is 0 Å². The maximum atomic E-state index is 11.3. The number of rotatable bonds is 7. The van der Waals surface area contributed by atoms with Crippen molar-refractivity contribution in [3.8, 4) is 0 Å². The largest absolute Gasteiger partial charge is 0.275 e. The summed E-state index contributed by atoms with van der Waals surface area (Å²) in [6, 6.07) is 0. The molecule has 3 nitrogen and oxygen atoms in total. The van der Waals surface area contributed by atoms with Gasteiger partial charge in [0.1, 0.15) is 0 Å². The van der Waals surface area contributed by atoms with Gasteiger partial charge in [0.15, 0.2) is 0 Å². The summed E-state index contributed by atoms with van der Waals surface area (Å²) in [5.74, 6) is 0.0370. The van der Waals surface area contributed by atoms with E-state index in [4.69, 9.17) is 4.84 Å². The van der Waals surface area contributed by atoms with Crippen LogP contribution in [0, 0.1) is 0 Å². The van der Waals surface area contributed by atoms with Gasteiger partial charge in [0, 0.05) is 13.5 Å². The molecule has 0 N–H and O–H groups in total. The maximum Gasteiger partial charge on any atom is 0.245 e. The topological polar surface area (TPSA) is 29.5 Å². The summed E-state index contributed by atoms with van der Waals surface area (Å²) in [5.41, 5.74) is 0. The Morgan fingerprint density at radius 2 is 1.88 bits per heavy atom. The Labute approximate surface area is 106 Å². The van der Waals surface area contributed by atoms with Crippen molar-refractivity contribution in [1.82, 2.24) is 5.06 Å². The average molecular weight is 241 g/mol. The van der Waals surface area contributed by atoms with Crippen molar-refractivity contribution >= 4 is 5.91 Å². The molecule has 0 spiro atoms. The molecule has 0 aliphatic heterocycles. The number of hydrogen-bond donors (Lipinski definition) is 0. The molecule has 100 valence electrons. The van der Waals surface area contributed by atoms with Gasteiger partial charge in [-0.05, 0) is 26.2 Å². The number of amides is 1. The van der Waals surface area contributed by atoms with Gasteiger partial charge >= 0.3 is 0 Å². The van der Waals surface area contributed by atoms with E-state index in [2.05, 4.69) is 6.08 Å². The zero-order chi connectivity index (χ0) is 13.5. The molecule has 0 rings (SSSR count). The van der Waals surface area contributed by atoms with Crippen LogP contribution >= 0.6 is 0 Å². The highest BCUT2D eigenvalue weighted by atomic mass is 16.7. The molecule has 1 amide bonds. The molecule has 0 aliphatic carbocycles. The second-order valence-electron chi connectivity index (χ2n) is 3.27. The van der Waals surface area contributed by atoms with Crippen molar-refractivity contribution < 1.29 is 9.63 Å². The molecule has 0 fully saturated rings. The van der Waals surface area contributed by atoms with E-state index >= 15 is 0 Å². The SMILES string of the molecule is C/C=C/C=C/CCCCC(=O)N(C)OC.CC. The molecule has 0 bridgehead atoms. The Balaban J connectivity index is 0. The molecule has 0 atom stereocenters. The molecular formula is C14H27NO2. The van der Waals surface area contributed by atoms with Crippen LogP contribution in [0.1, 0.15) is 46.5 Å². The highest BCUT2D eigenvalue weighted by Gasteiger charge is 2.05. The highest BCUT2D eigenvalue weighted by molar-refractivity contribution is 5.74. The van der Waals surface area contributed by atoms with Crippen LogP contribution in [0.2, 0.25) is 0 Å². The smallest absolute Gasteiger partial charge is 0.245 e. The minimum absolute atomic E-state index is 0.0370. The van der Waals surface area contributed by atoms with Crippen molar-refractivity contribution in [1.29, 1.82) is 0 Å². The molecular weight excluding hydrogens is 214 g/mol. The standard InChI is InChI=1S/C12H21NO2.C2H6/c1-4-5-6-7-8-9-10-11-12(14)13(2)15-3;1-2/h4-7H,8-11H2,1-3H3;1-2H3/b5-4+,7-6+;. The molecule has 0 unspecified atom stereocenters. The summed E-state index contributed by atoms with van der Waals surface area (Å²) in [4.78, 5) is 16.1. The number of carbonyl (C=O) groups excluding carboxylic acids is 1. The predicted octanol–water partition coefficient (Wildman–Crippen LogP) is 3.73. The fourth-order valence-electron chi connectivity index (χ4n) is 1.08. The van der Waals surface area contributed by atoms with Gasteiger partial charge in [-0.25, -0.2) is 5.06 Å². The van der Waals surface area contributed by atoms with Gasteiger partial charge in [-0.15, -0.1) is 0 Å². The van der Waals surface area contributed by atoms with Gasteiger partial charge in [0.25, 0.3) is 0 Å². The number of allylic oxidation sites excluding steroid dienone is 4. The van der Waals surface area contributed by atoms with Gasteiger partial charge < -0.3 is 0 Å². The van der Waals surface area contributed by atoms with E-state index in [9.17, 15) is 4.79 Å². The van der Waals surface area contributed by atoms with E-state index in [1.807, 2.05) is 39.0 Å². The summed E-state index contributed by atoms with van der Waals surface area (Å²) in [6.07, 6.45) is 11.7. The molecule has 0 saturated heterocycles. The fraction of sp³-hybridized carbons (Fsp3) is 0.643. The van der Waals surface area contributed by atoms with Crippen molar-refractivity contribution in [3.05, 3.63) is 24.3 Å². The van der Waals surface area contributed by atoms with E-state index < -0.39 is 0 Å². The van der Waals surface area contributed by atoms with Crippen LogP contribution in [0.4, 0.5) is 0 Å². The summed E-state index contributed by atoms with van der Waals surface area (Å²) < 4.78 is 0. The number of unbranched alkanes of at least 4 members (excludes halogenated alkanes) is 2. The Morgan fingerprint density at radius 1 is 1.24 bits per heavy atom. The average Bonchev–Trinajstić information content (AvgIpc) is 2.38. The van der Waals surface area contributed by atoms with Gasteiger partial charge in [0.05, 0.1) is 7.11 Å². The quantitative estimate of drug-likeness (QED) is 0.386.